The fraction of sp³-hybridized carbons (Fsp3) is 0.458. The Labute approximate surface area is 208 Å². The van der Waals surface area contributed by atoms with Crippen molar-refractivity contribution in [1.82, 2.24) is 14.6 Å². The molecular weight excluding hydrogens is 489 g/mol. The van der Waals surface area contributed by atoms with Crippen LogP contribution in [-0.4, -0.2) is 46.0 Å². The number of H-pyrrole nitrogens is 1. The SMILES string of the molecule is C=C1[C@@H](n2cc(C)c(=O)[nH]c2=O)[C@H](CO)[C@H]1COP(=O)(N[C@@H](C)C(=O)OC(C)C)Oc1ccccc1. The van der Waals surface area contributed by atoms with Crippen LogP contribution in [0.5, 0.6) is 5.75 Å². The van der Waals surface area contributed by atoms with E-state index < -0.39 is 48.9 Å². The summed E-state index contributed by atoms with van der Waals surface area (Å²) in [7, 11) is -4.10. The van der Waals surface area contributed by atoms with Crippen molar-refractivity contribution in [3.05, 3.63) is 75.1 Å². The molecule has 0 spiro atoms. The van der Waals surface area contributed by atoms with Gasteiger partial charge in [-0.3, -0.25) is 23.7 Å². The molecule has 0 radical (unpaired) electrons. The first-order valence-electron chi connectivity index (χ1n) is 11.5. The number of aliphatic hydroxyl groups excluding tert-OH is 1. The van der Waals surface area contributed by atoms with E-state index in [0.29, 0.717) is 11.1 Å². The van der Waals surface area contributed by atoms with Crippen LogP contribution in [0.4, 0.5) is 0 Å². The second-order valence-corrected chi connectivity index (χ2v) is 10.7. The lowest BCUT2D eigenvalue weighted by Gasteiger charge is -2.46. The first-order valence-corrected chi connectivity index (χ1v) is 13.1. The average Bonchev–Trinajstić information content (AvgIpc) is 2.80. The van der Waals surface area contributed by atoms with E-state index >= 15 is 0 Å². The Bertz CT molecular complexity index is 1260. The zero-order valence-electron chi connectivity index (χ0n) is 20.7. The minimum absolute atomic E-state index is 0.166. The van der Waals surface area contributed by atoms with Gasteiger partial charge in [-0.15, -0.1) is 0 Å². The number of carbonyl (C=O) groups is 1. The molecule has 5 atom stereocenters. The van der Waals surface area contributed by atoms with Crippen molar-refractivity contribution >= 4 is 13.7 Å². The molecule has 3 N–H and O–H groups in total. The third kappa shape index (κ3) is 6.22. The fourth-order valence-corrected chi connectivity index (χ4v) is 5.53. The molecule has 196 valence electrons. The summed E-state index contributed by atoms with van der Waals surface area (Å²) in [5.41, 5.74) is -0.212. The zero-order chi connectivity index (χ0) is 26.6. The van der Waals surface area contributed by atoms with Crippen molar-refractivity contribution < 1.29 is 28.3 Å². The third-order valence-electron chi connectivity index (χ3n) is 5.88. The van der Waals surface area contributed by atoms with E-state index in [0.717, 1.165) is 0 Å². The van der Waals surface area contributed by atoms with Crippen LogP contribution in [0.3, 0.4) is 0 Å². The highest BCUT2D eigenvalue weighted by molar-refractivity contribution is 7.52. The van der Waals surface area contributed by atoms with E-state index in [9.17, 15) is 24.1 Å². The topological polar surface area (TPSA) is 149 Å². The number of hydrogen-bond acceptors (Lipinski definition) is 8. The van der Waals surface area contributed by atoms with E-state index in [4.69, 9.17) is 13.8 Å². The average molecular weight is 522 g/mol. The summed E-state index contributed by atoms with van der Waals surface area (Å²) in [4.78, 5) is 38.6. The number of aryl methyl sites for hydroxylation is 1. The number of aromatic nitrogens is 2. The molecular formula is C24H32N3O8P. The second-order valence-electron chi connectivity index (χ2n) is 8.99. The molecule has 1 aromatic carbocycles. The van der Waals surface area contributed by atoms with Gasteiger partial charge in [0.2, 0.25) is 0 Å². The van der Waals surface area contributed by atoms with Crippen LogP contribution in [-0.2, 0) is 18.6 Å². The van der Waals surface area contributed by atoms with Gasteiger partial charge in [0.1, 0.15) is 11.8 Å². The van der Waals surface area contributed by atoms with Gasteiger partial charge in [0, 0.05) is 30.2 Å². The molecule has 1 aliphatic carbocycles. The summed E-state index contributed by atoms with van der Waals surface area (Å²) in [6.07, 6.45) is 1.06. The maximum Gasteiger partial charge on any atom is 0.459 e. The van der Waals surface area contributed by atoms with Gasteiger partial charge in [0.15, 0.2) is 0 Å². The summed E-state index contributed by atoms with van der Waals surface area (Å²) < 4.78 is 31.5. The summed E-state index contributed by atoms with van der Waals surface area (Å²) in [5.74, 6) is -1.32. The Kier molecular flexibility index (Phi) is 8.73. The molecule has 3 rings (SSSR count). The van der Waals surface area contributed by atoms with E-state index in [1.807, 2.05) is 0 Å². The maximum atomic E-state index is 13.7. The van der Waals surface area contributed by atoms with Crippen molar-refractivity contribution in [3.8, 4) is 5.75 Å². The number of hydrogen-bond donors (Lipinski definition) is 3. The van der Waals surface area contributed by atoms with Crippen LogP contribution in [0, 0.1) is 18.8 Å². The number of benzene rings is 1. The van der Waals surface area contributed by atoms with Crippen molar-refractivity contribution in [2.75, 3.05) is 13.2 Å². The molecule has 2 aromatic rings. The molecule has 1 unspecified atom stereocenters. The van der Waals surface area contributed by atoms with Crippen LogP contribution in [0.1, 0.15) is 32.4 Å². The molecule has 0 bridgehead atoms. The van der Waals surface area contributed by atoms with Gasteiger partial charge < -0.3 is 14.4 Å². The Morgan fingerprint density at radius 3 is 2.53 bits per heavy atom. The Morgan fingerprint density at radius 2 is 1.92 bits per heavy atom. The lowest BCUT2D eigenvalue weighted by Crippen LogP contribution is -2.49. The quantitative estimate of drug-likeness (QED) is 0.230. The maximum absolute atomic E-state index is 13.7. The molecule has 1 aliphatic rings. The van der Waals surface area contributed by atoms with Crippen LogP contribution < -0.4 is 20.9 Å². The number of aromatic amines is 1. The number of para-hydroxylation sites is 1. The molecule has 1 fully saturated rings. The lowest BCUT2D eigenvalue weighted by atomic mass is 9.66. The third-order valence-corrected chi connectivity index (χ3v) is 7.53. The van der Waals surface area contributed by atoms with E-state index in [1.54, 1.807) is 51.1 Å². The van der Waals surface area contributed by atoms with Crippen LogP contribution in [0.15, 0.2) is 58.3 Å². The Morgan fingerprint density at radius 1 is 1.25 bits per heavy atom. The minimum Gasteiger partial charge on any atom is -0.462 e. The molecule has 0 saturated heterocycles. The highest BCUT2D eigenvalue weighted by Crippen LogP contribution is 2.51. The molecule has 0 aliphatic heterocycles. The number of ether oxygens (including phenoxy) is 1. The summed E-state index contributed by atoms with van der Waals surface area (Å²) in [6.45, 7) is 10.0. The van der Waals surface area contributed by atoms with Crippen LogP contribution in [0.2, 0.25) is 0 Å². The summed E-state index contributed by atoms with van der Waals surface area (Å²) in [5, 5.41) is 12.6. The smallest absolute Gasteiger partial charge is 0.459 e. The normalized spacial score (nSPS) is 21.9. The largest absolute Gasteiger partial charge is 0.462 e. The van der Waals surface area contributed by atoms with Crippen LogP contribution in [0.25, 0.3) is 0 Å². The number of nitrogens with zero attached hydrogens (tertiary/aromatic N) is 1. The highest BCUT2D eigenvalue weighted by atomic mass is 31.2. The standard InChI is InChI=1S/C24H32N3O8P/c1-14(2)34-23(30)17(5)26-36(32,35-18-9-7-6-8-10-18)33-13-20-16(4)21(19(20)12-28)27-11-15(3)22(29)25-24(27)31/h6-11,14,17,19-21,28H,4,12-13H2,1-3,5H3,(H,26,32)(H,25,29,31)/t17-,19+,20-,21+,36?/m0/s1. The number of nitrogens with one attached hydrogen (secondary N) is 2. The number of esters is 1. The first-order chi connectivity index (χ1) is 17.0. The van der Waals surface area contributed by atoms with Gasteiger partial charge in [0.05, 0.1) is 18.8 Å². The van der Waals surface area contributed by atoms with Gasteiger partial charge in [0.25, 0.3) is 5.56 Å². The van der Waals surface area contributed by atoms with Gasteiger partial charge in [-0.1, -0.05) is 24.8 Å². The molecule has 11 nitrogen and oxygen atoms in total. The second kappa shape index (κ2) is 11.4. The van der Waals surface area contributed by atoms with Crippen molar-refractivity contribution in [2.45, 2.75) is 45.9 Å². The van der Waals surface area contributed by atoms with Crippen molar-refractivity contribution in [2.24, 2.45) is 11.8 Å². The Hall–Kier alpha value is -2.98. The number of carbonyl (C=O) groups excluding carboxylic acids is 1. The van der Waals surface area contributed by atoms with Gasteiger partial charge in [-0.25, -0.2) is 9.36 Å². The molecule has 12 heteroatoms. The molecule has 1 heterocycles. The van der Waals surface area contributed by atoms with E-state index in [-0.39, 0.29) is 25.1 Å². The molecule has 0 amide bonds. The first kappa shape index (κ1) is 27.6. The van der Waals surface area contributed by atoms with Crippen molar-refractivity contribution in [3.63, 3.8) is 0 Å². The predicted octanol–water partition coefficient (Wildman–Crippen LogP) is 2.31. The molecule has 36 heavy (non-hydrogen) atoms. The predicted molar refractivity (Wildman–Crippen MR) is 133 cm³/mol. The van der Waals surface area contributed by atoms with E-state index in [2.05, 4.69) is 16.7 Å². The van der Waals surface area contributed by atoms with Gasteiger partial charge in [-0.05, 0) is 45.4 Å². The Balaban J connectivity index is 1.78. The van der Waals surface area contributed by atoms with E-state index in [1.165, 1.54) is 17.7 Å². The highest BCUT2D eigenvalue weighted by Gasteiger charge is 2.47. The molecule has 1 aromatic heterocycles. The number of aliphatic hydroxyl groups is 1. The fourth-order valence-electron chi connectivity index (χ4n) is 4.02. The van der Waals surface area contributed by atoms with Crippen LogP contribution >= 0.6 is 7.75 Å². The molecule has 1 saturated carbocycles. The summed E-state index contributed by atoms with van der Waals surface area (Å²) >= 11 is 0. The monoisotopic (exact) mass is 521 g/mol. The summed E-state index contributed by atoms with van der Waals surface area (Å²) in [6, 6.07) is 6.76. The lowest BCUT2D eigenvalue weighted by molar-refractivity contribution is -0.149. The minimum atomic E-state index is -4.10. The van der Waals surface area contributed by atoms with Crippen molar-refractivity contribution in [1.29, 1.82) is 0 Å². The van der Waals surface area contributed by atoms with Gasteiger partial charge in [-0.2, -0.15) is 5.09 Å². The zero-order valence-corrected chi connectivity index (χ0v) is 21.6. The van der Waals surface area contributed by atoms with Gasteiger partial charge >= 0.3 is 19.4 Å². The number of rotatable bonds is 11.